The van der Waals surface area contributed by atoms with Crippen LogP contribution in [-0.2, 0) is 14.3 Å². The molecule has 1 amide bonds. The van der Waals surface area contributed by atoms with E-state index in [0.717, 1.165) is 12.8 Å². The van der Waals surface area contributed by atoms with Crippen LogP contribution >= 0.6 is 0 Å². The number of primary amides is 1. The van der Waals surface area contributed by atoms with Gasteiger partial charge in [-0.3, -0.25) is 9.59 Å². The summed E-state index contributed by atoms with van der Waals surface area (Å²) in [4.78, 5) is 22.6. The lowest BCUT2D eigenvalue weighted by Crippen LogP contribution is -2.43. The van der Waals surface area contributed by atoms with E-state index in [4.69, 9.17) is 10.5 Å². The molecule has 4 N–H and O–H groups in total. The van der Waals surface area contributed by atoms with Crippen LogP contribution in [0.3, 0.4) is 0 Å². The average molecular weight is 243 g/mol. The van der Waals surface area contributed by atoms with E-state index in [2.05, 4.69) is 10.6 Å². The summed E-state index contributed by atoms with van der Waals surface area (Å²) in [5, 5.41) is 6.03. The summed E-state index contributed by atoms with van der Waals surface area (Å²) in [5.41, 5.74) is 5.22. The maximum absolute atomic E-state index is 11.5. The van der Waals surface area contributed by atoms with Crippen molar-refractivity contribution in [3.63, 3.8) is 0 Å². The fourth-order valence-corrected chi connectivity index (χ4v) is 1.71. The number of amides is 1. The molecule has 0 saturated heterocycles. The molecule has 1 rings (SSSR count). The maximum atomic E-state index is 11.5. The van der Waals surface area contributed by atoms with Crippen molar-refractivity contribution in [3.05, 3.63) is 0 Å². The Labute approximate surface area is 101 Å². The Balaban J connectivity index is 2.41. The number of carbonyl (C=O) groups is 2. The van der Waals surface area contributed by atoms with Crippen LogP contribution in [0.4, 0.5) is 0 Å². The third-order valence-corrected chi connectivity index (χ3v) is 2.94. The van der Waals surface area contributed by atoms with Crippen LogP contribution in [-0.4, -0.2) is 44.2 Å². The smallest absolute Gasteiger partial charge is 0.322 e. The molecule has 1 aliphatic rings. The molecule has 1 saturated carbocycles. The second-order valence-electron chi connectivity index (χ2n) is 4.34. The van der Waals surface area contributed by atoms with Crippen LogP contribution in [0.2, 0.25) is 0 Å². The Kier molecular flexibility index (Phi) is 5.37. The van der Waals surface area contributed by atoms with Gasteiger partial charge in [-0.1, -0.05) is 0 Å². The standard InChI is InChI=1S/C11H21N3O3/c1-13-8(10(12)15)5-6-9(11(16)17-2)14-7-3-4-7/h7-9,13-14H,3-6H2,1-2H3,(H2,12,15). The van der Waals surface area contributed by atoms with Crippen LogP contribution in [0.25, 0.3) is 0 Å². The molecule has 0 bridgehead atoms. The zero-order valence-corrected chi connectivity index (χ0v) is 10.4. The van der Waals surface area contributed by atoms with Crippen molar-refractivity contribution < 1.29 is 14.3 Å². The number of carbonyl (C=O) groups excluding carboxylic acids is 2. The van der Waals surface area contributed by atoms with Crippen molar-refractivity contribution in [2.75, 3.05) is 14.2 Å². The SMILES string of the molecule is CNC(CCC(NC1CC1)C(=O)OC)C(N)=O. The van der Waals surface area contributed by atoms with Crippen molar-refractivity contribution in [2.24, 2.45) is 5.73 Å². The highest BCUT2D eigenvalue weighted by atomic mass is 16.5. The summed E-state index contributed by atoms with van der Waals surface area (Å²) in [6, 6.07) is -0.327. The molecule has 0 spiro atoms. The molecule has 0 aromatic carbocycles. The minimum Gasteiger partial charge on any atom is -0.468 e. The summed E-state index contributed by atoms with van der Waals surface area (Å²) in [7, 11) is 3.05. The largest absolute Gasteiger partial charge is 0.468 e. The first kappa shape index (κ1) is 13.9. The average Bonchev–Trinajstić information content (AvgIpc) is 3.10. The van der Waals surface area contributed by atoms with E-state index >= 15 is 0 Å². The highest BCUT2D eigenvalue weighted by Crippen LogP contribution is 2.20. The van der Waals surface area contributed by atoms with Gasteiger partial charge in [-0.15, -0.1) is 0 Å². The minimum absolute atomic E-state index is 0.281. The molecule has 1 aliphatic carbocycles. The Hall–Kier alpha value is -1.14. The van der Waals surface area contributed by atoms with Crippen LogP contribution < -0.4 is 16.4 Å². The summed E-state index contributed by atoms with van der Waals surface area (Å²) in [6.07, 6.45) is 3.25. The maximum Gasteiger partial charge on any atom is 0.322 e. The summed E-state index contributed by atoms with van der Waals surface area (Å²) in [5.74, 6) is -0.682. The number of methoxy groups -OCH3 is 1. The van der Waals surface area contributed by atoms with E-state index < -0.39 is 11.9 Å². The Morgan fingerprint density at radius 3 is 2.35 bits per heavy atom. The third kappa shape index (κ3) is 4.70. The van der Waals surface area contributed by atoms with Crippen molar-refractivity contribution in [2.45, 2.75) is 43.8 Å². The summed E-state index contributed by atoms with van der Waals surface area (Å²) in [6.45, 7) is 0. The summed E-state index contributed by atoms with van der Waals surface area (Å²) >= 11 is 0. The Morgan fingerprint density at radius 1 is 1.35 bits per heavy atom. The molecule has 0 aliphatic heterocycles. The van der Waals surface area contributed by atoms with E-state index in [1.165, 1.54) is 7.11 Å². The number of ether oxygens (including phenoxy) is 1. The first-order valence-corrected chi connectivity index (χ1v) is 5.89. The van der Waals surface area contributed by atoms with E-state index in [0.29, 0.717) is 18.9 Å². The van der Waals surface area contributed by atoms with Gasteiger partial charge in [0.25, 0.3) is 0 Å². The molecule has 2 unspecified atom stereocenters. The second kappa shape index (κ2) is 6.56. The van der Waals surface area contributed by atoms with Crippen LogP contribution in [0.1, 0.15) is 25.7 Å². The van der Waals surface area contributed by atoms with E-state index in [1.807, 2.05) is 0 Å². The van der Waals surface area contributed by atoms with Crippen molar-refractivity contribution in [1.29, 1.82) is 0 Å². The molecule has 17 heavy (non-hydrogen) atoms. The van der Waals surface area contributed by atoms with Gasteiger partial charge in [0.05, 0.1) is 13.2 Å². The molecule has 0 heterocycles. The lowest BCUT2D eigenvalue weighted by molar-refractivity contribution is -0.143. The van der Waals surface area contributed by atoms with E-state index in [1.54, 1.807) is 7.05 Å². The van der Waals surface area contributed by atoms with Gasteiger partial charge in [-0.05, 0) is 32.7 Å². The van der Waals surface area contributed by atoms with Crippen LogP contribution in [0.5, 0.6) is 0 Å². The van der Waals surface area contributed by atoms with E-state index in [9.17, 15) is 9.59 Å². The van der Waals surface area contributed by atoms with Crippen molar-refractivity contribution in [3.8, 4) is 0 Å². The number of hydrogen-bond acceptors (Lipinski definition) is 5. The minimum atomic E-state index is -0.400. The number of likely N-dealkylation sites (N-methyl/N-ethyl adjacent to an activating group) is 1. The molecular weight excluding hydrogens is 222 g/mol. The highest BCUT2D eigenvalue weighted by Gasteiger charge is 2.29. The Morgan fingerprint density at radius 2 is 1.94 bits per heavy atom. The van der Waals surface area contributed by atoms with Gasteiger partial charge in [0.1, 0.15) is 6.04 Å². The van der Waals surface area contributed by atoms with Gasteiger partial charge in [-0.2, -0.15) is 0 Å². The number of esters is 1. The first-order valence-electron chi connectivity index (χ1n) is 5.89. The number of nitrogens with one attached hydrogen (secondary N) is 2. The van der Waals surface area contributed by atoms with Gasteiger partial charge in [-0.25, -0.2) is 0 Å². The topological polar surface area (TPSA) is 93.4 Å². The van der Waals surface area contributed by atoms with E-state index in [-0.39, 0.29) is 12.0 Å². The molecule has 0 radical (unpaired) electrons. The number of nitrogens with two attached hydrogens (primary N) is 1. The first-order chi connectivity index (χ1) is 8.08. The zero-order chi connectivity index (χ0) is 12.8. The molecular formula is C11H21N3O3. The number of hydrogen-bond donors (Lipinski definition) is 3. The molecule has 2 atom stereocenters. The highest BCUT2D eigenvalue weighted by molar-refractivity contribution is 5.80. The van der Waals surface area contributed by atoms with Gasteiger partial charge in [0.2, 0.25) is 5.91 Å². The predicted molar refractivity (Wildman–Crippen MR) is 63.2 cm³/mol. The number of rotatable bonds is 8. The van der Waals surface area contributed by atoms with Crippen LogP contribution in [0, 0.1) is 0 Å². The molecule has 6 heteroatoms. The third-order valence-electron chi connectivity index (χ3n) is 2.94. The van der Waals surface area contributed by atoms with Gasteiger partial charge in [0, 0.05) is 6.04 Å². The Bertz CT molecular complexity index is 279. The lowest BCUT2D eigenvalue weighted by atomic mass is 10.1. The van der Waals surface area contributed by atoms with Gasteiger partial charge >= 0.3 is 5.97 Å². The molecule has 1 fully saturated rings. The molecule has 98 valence electrons. The quantitative estimate of drug-likeness (QED) is 0.482. The fourth-order valence-electron chi connectivity index (χ4n) is 1.71. The monoisotopic (exact) mass is 243 g/mol. The zero-order valence-electron chi connectivity index (χ0n) is 10.4. The molecule has 0 aromatic rings. The van der Waals surface area contributed by atoms with Crippen molar-refractivity contribution in [1.82, 2.24) is 10.6 Å². The second-order valence-corrected chi connectivity index (χ2v) is 4.34. The lowest BCUT2D eigenvalue weighted by Gasteiger charge is -2.18. The molecule has 0 aromatic heterocycles. The van der Waals surface area contributed by atoms with Crippen LogP contribution in [0.15, 0.2) is 0 Å². The fraction of sp³-hybridized carbons (Fsp3) is 0.818. The van der Waals surface area contributed by atoms with Gasteiger partial charge < -0.3 is 21.1 Å². The molecule has 6 nitrogen and oxygen atoms in total. The summed E-state index contributed by atoms with van der Waals surface area (Å²) < 4.78 is 4.73. The van der Waals surface area contributed by atoms with Crippen molar-refractivity contribution >= 4 is 11.9 Å². The predicted octanol–water partition coefficient (Wildman–Crippen LogP) is -0.866. The van der Waals surface area contributed by atoms with Gasteiger partial charge in [0.15, 0.2) is 0 Å². The normalized spacial score (nSPS) is 18.5.